The van der Waals surface area contributed by atoms with Crippen molar-refractivity contribution >= 4 is 0 Å². The van der Waals surface area contributed by atoms with Gasteiger partial charge < -0.3 is 10.1 Å². The third-order valence-electron chi connectivity index (χ3n) is 3.10. The molecular formula is C16H27NO. The van der Waals surface area contributed by atoms with E-state index in [4.69, 9.17) is 4.74 Å². The van der Waals surface area contributed by atoms with Crippen molar-refractivity contribution in [3.8, 4) is 5.75 Å². The van der Waals surface area contributed by atoms with E-state index in [-0.39, 0.29) is 6.10 Å². The van der Waals surface area contributed by atoms with Crippen molar-refractivity contribution in [1.29, 1.82) is 0 Å². The van der Waals surface area contributed by atoms with Crippen LogP contribution in [0.2, 0.25) is 0 Å². The molecule has 0 aromatic heterocycles. The monoisotopic (exact) mass is 249 g/mol. The van der Waals surface area contributed by atoms with Crippen LogP contribution in [0.5, 0.6) is 5.75 Å². The number of benzene rings is 1. The normalized spacial score (nSPS) is 13.1. The minimum Gasteiger partial charge on any atom is -0.489 e. The first-order valence-corrected chi connectivity index (χ1v) is 7.02. The lowest BCUT2D eigenvalue weighted by molar-refractivity contribution is 0.145. The van der Waals surface area contributed by atoms with Crippen molar-refractivity contribution in [3.63, 3.8) is 0 Å². The molecule has 0 fully saturated rings. The Morgan fingerprint density at radius 3 is 2.33 bits per heavy atom. The topological polar surface area (TPSA) is 21.3 Å². The molecule has 1 unspecified atom stereocenters. The smallest absolute Gasteiger partial charge is 0.122 e. The summed E-state index contributed by atoms with van der Waals surface area (Å²) in [7, 11) is 0. The predicted molar refractivity (Wildman–Crippen MR) is 78.2 cm³/mol. The Labute approximate surface area is 112 Å². The van der Waals surface area contributed by atoms with Gasteiger partial charge in [-0.3, -0.25) is 0 Å². The molecule has 2 heteroatoms. The average Bonchev–Trinajstić information content (AvgIpc) is 2.34. The van der Waals surface area contributed by atoms with Crippen molar-refractivity contribution in [2.75, 3.05) is 6.54 Å². The number of ether oxygens (including phenoxy) is 1. The van der Waals surface area contributed by atoms with Crippen LogP contribution in [0, 0.1) is 5.92 Å². The second kappa shape index (κ2) is 7.42. The highest BCUT2D eigenvalue weighted by Gasteiger charge is 2.16. The Morgan fingerprint density at radius 1 is 1.11 bits per heavy atom. The summed E-state index contributed by atoms with van der Waals surface area (Å²) in [5.41, 5.74) is 1.28. The maximum Gasteiger partial charge on any atom is 0.122 e. The highest BCUT2D eigenvalue weighted by atomic mass is 16.5. The van der Waals surface area contributed by atoms with Crippen molar-refractivity contribution in [3.05, 3.63) is 29.8 Å². The number of hydrogen-bond acceptors (Lipinski definition) is 2. The van der Waals surface area contributed by atoms with Gasteiger partial charge in [0.05, 0.1) is 0 Å². The Morgan fingerprint density at radius 2 is 1.78 bits per heavy atom. The van der Waals surface area contributed by atoms with E-state index in [0.29, 0.717) is 12.0 Å². The summed E-state index contributed by atoms with van der Waals surface area (Å²) in [4.78, 5) is 0. The summed E-state index contributed by atoms with van der Waals surface area (Å²) in [6, 6.07) is 8.83. The molecule has 18 heavy (non-hydrogen) atoms. The molecule has 0 amide bonds. The van der Waals surface area contributed by atoms with Gasteiger partial charge in [-0.2, -0.15) is 0 Å². The van der Waals surface area contributed by atoms with Crippen LogP contribution in [0.15, 0.2) is 24.3 Å². The Hall–Kier alpha value is -1.02. The predicted octanol–water partition coefficient (Wildman–Crippen LogP) is 3.65. The molecule has 0 saturated carbocycles. The lowest BCUT2D eigenvalue weighted by Gasteiger charge is -2.25. The van der Waals surface area contributed by atoms with E-state index in [1.165, 1.54) is 5.56 Å². The summed E-state index contributed by atoms with van der Waals surface area (Å²) >= 11 is 0. The Kier molecular flexibility index (Phi) is 6.20. The van der Waals surface area contributed by atoms with Crippen LogP contribution < -0.4 is 10.1 Å². The van der Waals surface area contributed by atoms with Gasteiger partial charge in [0.1, 0.15) is 11.9 Å². The molecule has 1 aromatic rings. The summed E-state index contributed by atoms with van der Waals surface area (Å²) in [6.07, 6.45) is 1.23. The van der Waals surface area contributed by atoms with Crippen LogP contribution in [-0.4, -0.2) is 18.7 Å². The quantitative estimate of drug-likeness (QED) is 0.796. The lowest BCUT2D eigenvalue weighted by Crippen LogP contribution is -2.38. The molecule has 102 valence electrons. The van der Waals surface area contributed by atoms with Crippen LogP contribution in [0.3, 0.4) is 0 Å². The van der Waals surface area contributed by atoms with Crippen LogP contribution in [0.25, 0.3) is 0 Å². The molecule has 1 N–H and O–H groups in total. The number of hydrogen-bond donors (Lipinski definition) is 1. The van der Waals surface area contributed by atoms with Gasteiger partial charge in [0.25, 0.3) is 0 Å². The summed E-state index contributed by atoms with van der Waals surface area (Å²) in [6.45, 7) is 11.8. The molecule has 1 aromatic carbocycles. The minimum atomic E-state index is 0.222. The standard InChI is InChI=1S/C16H27NO/c1-6-14-9-7-8-10-15(14)18-16(12(2)3)11-17-13(4)5/h7-10,12-13,16-17H,6,11H2,1-5H3. The fourth-order valence-corrected chi connectivity index (χ4v) is 1.84. The van der Waals surface area contributed by atoms with Gasteiger partial charge in [-0.15, -0.1) is 0 Å². The molecule has 0 radical (unpaired) electrons. The van der Waals surface area contributed by atoms with Gasteiger partial charge in [0.15, 0.2) is 0 Å². The van der Waals surface area contributed by atoms with Crippen molar-refractivity contribution < 1.29 is 4.74 Å². The Bertz CT molecular complexity index is 347. The van der Waals surface area contributed by atoms with Crippen LogP contribution in [-0.2, 0) is 6.42 Å². The number of nitrogens with one attached hydrogen (secondary N) is 1. The number of aryl methyl sites for hydroxylation is 1. The summed E-state index contributed by atoms with van der Waals surface area (Å²) in [5, 5.41) is 3.46. The van der Waals surface area contributed by atoms with Crippen molar-refractivity contribution in [1.82, 2.24) is 5.32 Å². The maximum absolute atomic E-state index is 6.19. The first-order chi connectivity index (χ1) is 8.54. The zero-order valence-corrected chi connectivity index (χ0v) is 12.4. The van der Waals surface area contributed by atoms with E-state index < -0.39 is 0 Å². The molecule has 1 rings (SSSR count). The molecule has 0 bridgehead atoms. The second-order valence-corrected chi connectivity index (χ2v) is 5.42. The van der Waals surface area contributed by atoms with Gasteiger partial charge in [-0.05, 0) is 24.0 Å². The second-order valence-electron chi connectivity index (χ2n) is 5.42. The van der Waals surface area contributed by atoms with E-state index >= 15 is 0 Å². The van der Waals surface area contributed by atoms with E-state index in [2.05, 4.69) is 58.1 Å². The summed E-state index contributed by atoms with van der Waals surface area (Å²) < 4.78 is 6.19. The highest BCUT2D eigenvalue weighted by Crippen LogP contribution is 2.21. The van der Waals surface area contributed by atoms with Gasteiger partial charge >= 0.3 is 0 Å². The number of rotatable bonds is 7. The molecule has 2 nitrogen and oxygen atoms in total. The SMILES string of the molecule is CCc1ccccc1OC(CNC(C)C)C(C)C. The maximum atomic E-state index is 6.19. The van der Waals surface area contributed by atoms with E-state index in [9.17, 15) is 0 Å². The Balaban J connectivity index is 2.70. The largest absolute Gasteiger partial charge is 0.489 e. The van der Waals surface area contributed by atoms with Crippen molar-refractivity contribution in [2.24, 2.45) is 5.92 Å². The molecule has 0 heterocycles. The van der Waals surface area contributed by atoms with Gasteiger partial charge in [0.2, 0.25) is 0 Å². The van der Waals surface area contributed by atoms with Crippen LogP contribution in [0.1, 0.15) is 40.2 Å². The third kappa shape index (κ3) is 4.69. The molecule has 0 aliphatic rings. The third-order valence-corrected chi connectivity index (χ3v) is 3.10. The molecule has 0 spiro atoms. The van der Waals surface area contributed by atoms with E-state index in [1.807, 2.05) is 6.07 Å². The molecule has 0 saturated heterocycles. The molecular weight excluding hydrogens is 222 g/mol. The zero-order chi connectivity index (χ0) is 13.5. The fourth-order valence-electron chi connectivity index (χ4n) is 1.84. The molecule has 0 aliphatic carbocycles. The molecule has 0 aliphatic heterocycles. The highest BCUT2D eigenvalue weighted by molar-refractivity contribution is 5.33. The van der Waals surface area contributed by atoms with Crippen LogP contribution >= 0.6 is 0 Å². The zero-order valence-electron chi connectivity index (χ0n) is 12.4. The first-order valence-electron chi connectivity index (χ1n) is 7.02. The first kappa shape index (κ1) is 15.0. The van der Waals surface area contributed by atoms with E-state index in [0.717, 1.165) is 18.7 Å². The summed E-state index contributed by atoms with van der Waals surface area (Å²) in [5.74, 6) is 1.53. The van der Waals surface area contributed by atoms with Crippen molar-refractivity contribution in [2.45, 2.75) is 53.2 Å². The van der Waals surface area contributed by atoms with Crippen LogP contribution in [0.4, 0.5) is 0 Å². The molecule has 1 atom stereocenters. The minimum absolute atomic E-state index is 0.222. The van der Waals surface area contributed by atoms with Gasteiger partial charge in [-0.1, -0.05) is 52.8 Å². The van der Waals surface area contributed by atoms with Gasteiger partial charge in [-0.25, -0.2) is 0 Å². The lowest BCUT2D eigenvalue weighted by atomic mass is 10.1. The van der Waals surface area contributed by atoms with E-state index in [1.54, 1.807) is 0 Å². The fraction of sp³-hybridized carbons (Fsp3) is 0.625. The average molecular weight is 249 g/mol. The van der Waals surface area contributed by atoms with Gasteiger partial charge in [0, 0.05) is 12.6 Å². The number of para-hydroxylation sites is 1.